The Morgan fingerprint density at radius 2 is 1.84 bits per heavy atom. The molecule has 4 rings (SSSR count). The third kappa shape index (κ3) is 2.86. The third-order valence-electron chi connectivity index (χ3n) is 4.72. The van der Waals surface area contributed by atoms with Gasteiger partial charge in [0.05, 0.1) is 36.6 Å². The molecule has 5 nitrogen and oxygen atoms in total. The van der Waals surface area contributed by atoms with Gasteiger partial charge in [0.25, 0.3) is 0 Å². The first-order chi connectivity index (χ1) is 12.0. The number of hydrogen-bond donors (Lipinski definition) is 2. The van der Waals surface area contributed by atoms with Crippen LogP contribution in [0.15, 0.2) is 36.4 Å². The summed E-state index contributed by atoms with van der Waals surface area (Å²) >= 11 is 0. The van der Waals surface area contributed by atoms with Gasteiger partial charge >= 0.3 is 0 Å². The van der Waals surface area contributed by atoms with E-state index in [2.05, 4.69) is 9.97 Å². The van der Waals surface area contributed by atoms with Crippen LogP contribution in [0.3, 0.4) is 0 Å². The van der Waals surface area contributed by atoms with Crippen LogP contribution < -0.4 is 0 Å². The van der Waals surface area contributed by atoms with Gasteiger partial charge in [-0.15, -0.1) is 0 Å². The van der Waals surface area contributed by atoms with E-state index in [9.17, 15) is 10.2 Å². The predicted octanol–water partition coefficient (Wildman–Crippen LogP) is 3.09. The second kappa shape index (κ2) is 6.10. The van der Waals surface area contributed by atoms with E-state index in [0.717, 1.165) is 27.8 Å². The maximum atomic E-state index is 10.3. The molecule has 25 heavy (non-hydrogen) atoms. The van der Waals surface area contributed by atoms with Crippen molar-refractivity contribution in [2.45, 2.75) is 25.9 Å². The Labute approximate surface area is 145 Å². The minimum atomic E-state index is -0.531. The number of benzene rings is 1. The zero-order valence-corrected chi connectivity index (χ0v) is 14.2. The molecule has 3 heterocycles. The maximum Gasteiger partial charge on any atom is 0.160 e. The van der Waals surface area contributed by atoms with Gasteiger partial charge in [0, 0.05) is 10.9 Å². The van der Waals surface area contributed by atoms with Crippen LogP contribution in [0.25, 0.3) is 22.3 Å². The summed E-state index contributed by atoms with van der Waals surface area (Å²) in [7, 11) is 0. The fourth-order valence-corrected chi connectivity index (χ4v) is 3.46. The number of aromatic hydroxyl groups is 1. The topological polar surface area (TPSA) is 75.5 Å². The van der Waals surface area contributed by atoms with Crippen LogP contribution in [-0.4, -0.2) is 39.5 Å². The number of ether oxygens (including phenoxy) is 1. The van der Waals surface area contributed by atoms with Gasteiger partial charge < -0.3 is 14.9 Å². The van der Waals surface area contributed by atoms with E-state index >= 15 is 0 Å². The summed E-state index contributed by atoms with van der Waals surface area (Å²) in [6, 6.07) is 11.5. The zero-order valence-electron chi connectivity index (χ0n) is 14.2. The minimum absolute atomic E-state index is 0.121. The fraction of sp³-hybridized carbons (Fsp3) is 0.300. The molecule has 0 saturated carbocycles. The van der Waals surface area contributed by atoms with Crippen molar-refractivity contribution in [3.63, 3.8) is 0 Å². The molecule has 128 valence electrons. The van der Waals surface area contributed by atoms with Crippen molar-refractivity contribution < 1.29 is 14.9 Å². The molecule has 1 aliphatic rings. The smallest absolute Gasteiger partial charge is 0.160 e. The summed E-state index contributed by atoms with van der Waals surface area (Å²) in [5.41, 5.74) is 4.79. The molecule has 3 aromatic rings. The highest BCUT2D eigenvalue weighted by Crippen LogP contribution is 2.33. The van der Waals surface area contributed by atoms with Crippen LogP contribution in [0.4, 0.5) is 0 Å². The number of phenolic OH excluding ortho intramolecular Hbond substituents is 1. The van der Waals surface area contributed by atoms with Gasteiger partial charge in [-0.1, -0.05) is 6.07 Å². The molecule has 0 spiro atoms. The SMILES string of the molecule is Cc1cc(C)c(-c2ccc3ccc([C@H]4COC[C@H]4O)nc3n2)c(O)c1. The quantitative estimate of drug-likeness (QED) is 0.752. The molecule has 1 saturated heterocycles. The van der Waals surface area contributed by atoms with Crippen molar-refractivity contribution in [3.8, 4) is 17.0 Å². The lowest BCUT2D eigenvalue weighted by molar-refractivity contribution is 0.124. The molecule has 1 aromatic carbocycles. The lowest BCUT2D eigenvalue weighted by Crippen LogP contribution is -2.16. The Hall–Kier alpha value is -2.50. The van der Waals surface area contributed by atoms with Crippen LogP contribution in [0.5, 0.6) is 5.75 Å². The first-order valence-electron chi connectivity index (χ1n) is 8.37. The molecule has 2 atom stereocenters. The van der Waals surface area contributed by atoms with Crippen molar-refractivity contribution in [2.24, 2.45) is 0 Å². The van der Waals surface area contributed by atoms with Gasteiger partial charge in [-0.3, -0.25) is 0 Å². The lowest BCUT2D eigenvalue weighted by atomic mass is 10.00. The normalized spacial score (nSPS) is 20.3. The minimum Gasteiger partial charge on any atom is -0.507 e. The van der Waals surface area contributed by atoms with Gasteiger partial charge in [0.1, 0.15) is 5.75 Å². The average Bonchev–Trinajstić information content (AvgIpc) is 2.99. The summed E-state index contributed by atoms with van der Waals surface area (Å²) < 4.78 is 5.33. The molecule has 5 heteroatoms. The molecular weight excluding hydrogens is 316 g/mol. The standard InChI is InChI=1S/C20H20N2O3/c1-11-7-12(2)19(17(23)8-11)16-6-4-13-3-5-15(21-20(13)22-16)14-9-25-10-18(14)24/h3-8,14,18,23-24H,9-10H2,1-2H3/t14-,18-/m1/s1. The van der Waals surface area contributed by atoms with E-state index in [1.54, 1.807) is 6.07 Å². The number of hydrogen-bond acceptors (Lipinski definition) is 5. The van der Waals surface area contributed by atoms with Crippen molar-refractivity contribution in [1.29, 1.82) is 0 Å². The summed E-state index contributed by atoms with van der Waals surface area (Å²) in [5.74, 6) is 0.101. The highest BCUT2D eigenvalue weighted by Gasteiger charge is 2.29. The van der Waals surface area contributed by atoms with Crippen molar-refractivity contribution in [2.75, 3.05) is 13.2 Å². The Morgan fingerprint density at radius 3 is 2.56 bits per heavy atom. The molecule has 0 unspecified atom stereocenters. The number of phenols is 1. The molecule has 0 aliphatic carbocycles. The van der Waals surface area contributed by atoms with Gasteiger partial charge in [-0.2, -0.15) is 0 Å². The van der Waals surface area contributed by atoms with Crippen LogP contribution in [0.2, 0.25) is 0 Å². The zero-order chi connectivity index (χ0) is 17.6. The van der Waals surface area contributed by atoms with E-state index in [-0.39, 0.29) is 11.7 Å². The van der Waals surface area contributed by atoms with Crippen molar-refractivity contribution >= 4 is 11.0 Å². The van der Waals surface area contributed by atoms with E-state index in [1.165, 1.54) is 0 Å². The highest BCUT2D eigenvalue weighted by atomic mass is 16.5. The van der Waals surface area contributed by atoms with Crippen LogP contribution in [0, 0.1) is 13.8 Å². The highest BCUT2D eigenvalue weighted by molar-refractivity contribution is 5.81. The average molecular weight is 336 g/mol. The van der Waals surface area contributed by atoms with Gasteiger partial charge in [0.15, 0.2) is 5.65 Å². The maximum absolute atomic E-state index is 10.3. The monoisotopic (exact) mass is 336 g/mol. The molecule has 2 aromatic heterocycles. The number of aryl methyl sites for hydroxylation is 2. The third-order valence-corrected chi connectivity index (χ3v) is 4.72. The number of aliphatic hydroxyl groups excluding tert-OH is 1. The Morgan fingerprint density at radius 1 is 1.04 bits per heavy atom. The van der Waals surface area contributed by atoms with Gasteiger partial charge in [0.2, 0.25) is 0 Å². The summed E-state index contributed by atoms with van der Waals surface area (Å²) in [6.45, 7) is 4.72. The lowest BCUT2D eigenvalue weighted by Gasteiger charge is -2.13. The Balaban J connectivity index is 1.82. The number of fused-ring (bicyclic) bond motifs is 1. The first kappa shape index (κ1) is 16.0. The van der Waals surface area contributed by atoms with E-state index < -0.39 is 6.10 Å². The molecule has 2 N–H and O–H groups in total. The molecule has 0 bridgehead atoms. The summed E-state index contributed by atoms with van der Waals surface area (Å²) in [4.78, 5) is 9.30. The largest absolute Gasteiger partial charge is 0.507 e. The van der Waals surface area contributed by atoms with Gasteiger partial charge in [-0.05, 0) is 55.3 Å². The second-order valence-corrected chi connectivity index (χ2v) is 6.67. The Bertz CT molecular complexity index is 932. The predicted molar refractivity (Wildman–Crippen MR) is 95.7 cm³/mol. The number of pyridine rings is 2. The summed E-state index contributed by atoms with van der Waals surface area (Å²) in [5, 5.41) is 21.3. The number of aromatic nitrogens is 2. The number of aliphatic hydroxyl groups is 1. The molecular formula is C20H20N2O3. The van der Waals surface area contributed by atoms with E-state index in [4.69, 9.17) is 4.74 Å². The van der Waals surface area contributed by atoms with Crippen LogP contribution in [0.1, 0.15) is 22.7 Å². The molecule has 1 fully saturated rings. The number of nitrogens with zero attached hydrogens (tertiary/aromatic N) is 2. The van der Waals surface area contributed by atoms with Gasteiger partial charge in [-0.25, -0.2) is 9.97 Å². The van der Waals surface area contributed by atoms with E-state index in [0.29, 0.717) is 24.6 Å². The molecule has 0 radical (unpaired) electrons. The number of rotatable bonds is 2. The van der Waals surface area contributed by atoms with Crippen molar-refractivity contribution in [1.82, 2.24) is 9.97 Å². The molecule has 0 amide bonds. The Kier molecular flexibility index (Phi) is 3.90. The molecule has 1 aliphatic heterocycles. The van der Waals surface area contributed by atoms with Crippen molar-refractivity contribution in [3.05, 3.63) is 53.2 Å². The van der Waals surface area contributed by atoms with E-state index in [1.807, 2.05) is 44.2 Å². The van der Waals surface area contributed by atoms with Crippen LogP contribution >= 0.6 is 0 Å². The first-order valence-corrected chi connectivity index (χ1v) is 8.37. The second-order valence-electron chi connectivity index (χ2n) is 6.67. The summed E-state index contributed by atoms with van der Waals surface area (Å²) in [6.07, 6.45) is -0.531. The fourth-order valence-electron chi connectivity index (χ4n) is 3.46. The van der Waals surface area contributed by atoms with Crippen LogP contribution in [-0.2, 0) is 4.74 Å².